The molecule has 0 heterocycles. The fraction of sp³-hybridized carbons (Fsp3) is 1.00. The summed E-state index contributed by atoms with van der Waals surface area (Å²) in [4.78, 5) is 0. The highest BCUT2D eigenvalue weighted by Crippen LogP contribution is 2.11. The van der Waals surface area contributed by atoms with Gasteiger partial charge in [-0.15, -0.1) is 0 Å². The molecule has 0 fully saturated rings. The second-order valence-electron chi connectivity index (χ2n) is 4.54. The molecule has 0 radical (unpaired) electrons. The molecule has 0 aliphatic rings. The molecule has 0 nitrogen and oxygen atoms in total. The number of hydrogen-bond donors (Lipinski definition) is 0. The standard InChI is InChI=1S/C13H30Si/c1-2-3-4-5-6-7-8-9-10-11-12-13-14/h2-13H2,1,14H3. The minimum absolute atomic E-state index is 1.38. The molecule has 0 atom stereocenters. The lowest BCUT2D eigenvalue weighted by Gasteiger charge is -2.01. The Morgan fingerprint density at radius 2 is 0.929 bits per heavy atom. The maximum Gasteiger partial charge on any atom is 0.00279 e. The van der Waals surface area contributed by atoms with Crippen molar-refractivity contribution in [3.63, 3.8) is 0 Å². The van der Waals surface area contributed by atoms with E-state index >= 15 is 0 Å². The van der Waals surface area contributed by atoms with Crippen LogP contribution in [0.4, 0.5) is 0 Å². The first kappa shape index (κ1) is 14.2. The Morgan fingerprint density at radius 1 is 0.571 bits per heavy atom. The third-order valence-electron chi connectivity index (χ3n) is 2.96. The molecule has 0 aliphatic heterocycles. The van der Waals surface area contributed by atoms with E-state index in [0.29, 0.717) is 0 Å². The van der Waals surface area contributed by atoms with Crippen molar-refractivity contribution in [3.05, 3.63) is 0 Å². The zero-order valence-corrected chi connectivity index (χ0v) is 12.5. The molecule has 14 heavy (non-hydrogen) atoms. The summed E-state index contributed by atoms with van der Waals surface area (Å²) < 4.78 is 0. The van der Waals surface area contributed by atoms with Gasteiger partial charge in [-0.1, -0.05) is 83.6 Å². The molecule has 0 rings (SSSR count). The van der Waals surface area contributed by atoms with Crippen molar-refractivity contribution < 1.29 is 0 Å². The Hall–Kier alpha value is 0.217. The summed E-state index contributed by atoms with van der Waals surface area (Å²) in [5, 5.41) is 0. The molecule has 0 saturated heterocycles. The lowest BCUT2D eigenvalue weighted by atomic mass is 10.1. The summed E-state index contributed by atoms with van der Waals surface area (Å²) in [7, 11) is 1.41. The summed E-state index contributed by atoms with van der Waals surface area (Å²) in [5.41, 5.74) is 0. The largest absolute Gasteiger partial charge is 0.0658 e. The Balaban J connectivity index is 2.78. The van der Waals surface area contributed by atoms with Gasteiger partial charge in [-0.3, -0.25) is 0 Å². The Bertz CT molecular complexity index is 79.2. The summed E-state index contributed by atoms with van der Waals surface area (Å²) in [6.45, 7) is 2.29. The van der Waals surface area contributed by atoms with Gasteiger partial charge in [-0.25, -0.2) is 0 Å². The van der Waals surface area contributed by atoms with Gasteiger partial charge in [-0.2, -0.15) is 0 Å². The Labute approximate surface area is 94.3 Å². The summed E-state index contributed by atoms with van der Waals surface area (Å²) in [6.07, 6.45) is 16.2. The smallest absolute Gasteiger partial charge is 0.00279 e. The minimum atomic E-state index is 1.38. The zero-order chi connectivity index (χ0) is 10.5. The zero-order valence-electron chi connectivity index (χ0n) is 10.5. The van der Waals surface area contributed by atoms with Crippen LogP contribution in [0.25, 0.3) is 0 Å². The molecule has 86 valence electrons. The fourth-order valence-corrected chi connectivity index (χ4v) is 2.41. The van der Waals surface area contributed by atoms with Crippen LogP contribution >= 0.6 is 0 Å². The van der Waals surface area contributed by atoms with E-state index in [1.807, 2.05) is 0 Å². The molecule has 0 bridgehead atoms. The van der Waals surface area contributed by atoms with E-state index in [4.69, 9.17) is 0 Å². The van der Waals surface area contributed by atoms with Crippen molar-refractivity contribution in [2.45, 2.75) is 83.6 Å². The molecule has 0 aromatic heterocycles. The van der Waals surface area contributed by atoms with Crippen LogP contribution in [0.1, 0.15) is 77.6 Å². The third kappa shape index (κ3) is 12.2. The van der Waals surface area contributed by atoms with Crippen LogP contribution in [0.15, 0.2) is 0 Å². The highest BCUT2D eigenvalue weighted by atomic mass is 28.1. The average molecular weight is 214 g/mol. The summed E-state index contributed by atoms with van der Waals surface area (Å²) in [6, 6.07) is 1.51. The third-order valence-corrected chi connectivity index (χ3v) is 3.66. The highest BCUT2D eigenvalue weighted by Gasteiger charge is 1.91. The summed E-state index contributed by atoms with van der Waals surface area (Å²) in [5.74, 6) is 0. The van der Waals surface area contributed by atoms with E-state index in [0.717, 1.165) is 0 Å². The molecule has 1 heteroatoms. The first-order valence-electron chi connectivity index (χ1n) is 6.91. The van der Waals surface area contributed by atoms with E-state index < -0.39 is 0 Å². The Kier molecular flexibility index (Phi) is 13.4. The molecule has 0 aliphatic carbocycles. The molecule has 0 amide bonds. The van der Waals surface area contributed by atoms with Gasteiger partial charge < -0.3 is 0 Å². The molecule has 0 spiro atoms. The van der Waals surface area contributed by atoms with Crippen LogP contribution in [-0.4, -0.2) is 10.2 Å². The fourth-order valence-electron chi connectivity index (χ4n) is 1.91. The van der Waals surface area contributed by atoms with Crippen molar-refractivity contribution in [2.24, 2.45) is 0 Å². The first-order valence-corrected chi connectivity index (χ1v) is 8.33. The van der Waals surface area contributed by atoms with Crippen molar-refractivity contribution in [2.75, 3.05) is 0 Å². The van der Waals surface area contributed by atoms with Crippen LogP contribution in [-0.2, 0) is 0 Å². The van der Waals surface area contributed by atoms with Crippen molar-refractivity contribution in [1.29, 1.82) is 0 Å². The monoisotopic (exact) mass is 214 g/mol. The summed E-state index contributed by atoms with van der Waals surface area (Å²) >= 11 is 0. The second kappa shape index (κ2) is 13.2. The van der Waals surface area contributed by atoms with Gasteiger partial charge in [0.25, 0.3) is 0 Å². The van der Waals surface area contributed by atoms with Gasteiger partial charge in [0.2, 0.25) is 0 Å². The van der Waals surface area contributed by atoms with E-state index in [1.165, 1.54) is 86.9 Å². The average Bonchev–Trinajstić information content (AvgIpc) is 2.21. The molecular formula is C13H30Si. The van der Waals surface area contributed by atoms with Crippen LogP contribution in [0, 0.1) is 0 Å². The highest BCUT2D eigenvalue weighted by molar-refractivity contribution is 6.08. The normalized spacial score (nSPS) is 10.9. The van der Waals surface area contributed by atoms with E-state index in [-0.39, 0.29) is 0 Å². The van der Waals surface area contributed by atoms with Crippen LogP contribution in [0.2, 0.25) is 6.04 Å². The van der Waals surface area contributed by atoms with E-state index in [2.05, 4.69) is 6.92 Å². The first-order chi connectivity index (χ1) is 6.91. The lowest BCUT2D eigenvalue weighted by molar-refractivity contribution is 0.554. The van der Waals surface area contributed by atoms with E-state index in [9.17, 15) is 0 Å². The Morgan fingerprint density at radius 3 is 1.29 bits per heavy atom. The molecular weight excluding hydrogens is 184 g/mol. The van der Waals surface area contributed by atoms with Crippen LogP contribution in [0.3, 0.4) is 0 Å². The van der Waals surface area contributed by atoms with Gasteiger partial charge in [0, 0.05) is 10.2 Å². The quantitative estimate of drug-likeness (QED) is 0.359. The van der Waals surface area contributed by atoms with E-state index in [1.54, 1.807) is 0 Å². The molecule has 0 unspecified atom stereocenters. The molecule has 0 aromatic rings. The van der Waals surface area contributed by atoms with Crippen molar-refractivity contribution in [1.82, 2.24) is 0 Å². The van der Waals surface area contributed by atoms with Crippen LogP contribution < -0.4 is 0 Å². The van der Waals surface area contributed by atoms with Crippen molar-refractivity contribution in [3.8, 4) is 0 Å². The van der Waals surface area contributed by atoms with Gasteiger partial charge in [0.05, 0.1) is 0 Å². The predicted molar refractivity (Wildman–Crippen MR) is 71.2 cm³/mol. The SMILES string of the molecule is CCCCCCCCCCCCC[SiH3]. The van der Waals surface area contributed by atoms with Gasteiger partial charge in [0.15, 0.2) is 0 Å². The second-order valence-corrected chi connectivity index (χ2v) is 5.54. The molecule has 0 saturated carbocycles. The van der Waals surface area contributed by atoms with Gasteiger partial charge in [0.1, 0.15) is 0 Å². The predicted octanol–water partition coefficient (Wildman–Crippen LogP) is 4.08. The van der Waals surface area contributed by atoms with Crippen LogP contribution in [0.5, 0.6) is 0 Å². The van der Waals surface area contributed by atoms with Gasteiger partial charge >= 0.3 is 0 Å². The van der Waals surface area contributed by atoms with Crippen molar-refractivity contribution >= 4 is 10.2 Å². The number of unbranched alkanes of at least 4 members (excludes halogenated alkanes) is 10. The molecule has 0 N–H and O–H groups in total. The lowest BCUT2D eigenvalue weighted by Crippen LogP contribution is -1.81. The number of hydrogen-bond acceptors (Lipinski definition) is 0. The topological polar surface area (TPSA) is 0 Å². The number of rotatable bonds is 11. The minimum Gasteiger partial charge on any atom is -0.0658 e. The van der Waals surface area contributed by atoms with Gasteiger partial charge in [-0.05, 0) is 0 Å². The maximum absolute atomic E-state index is 2.29. The molecule has 0 aromatic carbocycles. The maximum atomic E-state index is 2.29.